The fourth-order valence-electron chi connectivity index (χ4n) is 3.07. The van der Waals surface area contributed by atoms with Gasteiger partial charge in [0.2, 0.25) is 0 Å². The first-order valence-electron chi connectivity index (χ1n) is 7.99. The highest BCUT2D eigenvalue weighted by molar-refractivity contribution is 5.14. The summed E-state index contributed by atoms with van der Waals surface area (Å²) in [4.78, 5) is 0. The maximum absolute atomic E-state index is 5.71. The van der Waals surface area contributed by atoms with Crippen molar-refractivity contribution >= 4 is 0 Å². The first-order chi connectivity index (χ1) is 9.61. The third-order valence-corrected chi connectivity index (χ3v) is 4.51. The van der Waals surface area contributed by atoms with E-state index in [1.807, 2.05) is 12.2 Å². The van der Waals surface area contributed by atoms with E-state index in [9.17, 15) is 0 Å². The molecule has 0 aliphatic carbocycles. The summed E-state index contributed by atoms with van der Waals surface area (Å²) in [5, 5.41) is 0. The van der Waals surface area contributed by atoms with E-state index < -0.39 is 5.79 Å². The van der Waals surface area contributed by atoms with E-state index >= 15 is 0 Å². The monoisotopic (exact) mass is 282 g/mol. The number of methoxy groups -OCH3 is 2. The molecule has 0 fully saturated rings. The van der Waals surface area contributed by atoms with Gasteiger partial charge in [-0.1, -0.05) is 64.5 Å². The van der Waals surface area contributed by atoms with E-state index in [0.717, 1.165) is 19.3 Å². The minimum atomic E-state index is -0.653. The zero-order valence-corrected chi connectivity index (χ0v) is 14.0. The van der Waals surface area contributed by atoms with Crippen LogP contribution in [-0.2, 0) is 9.47 Å². The van der Waals surface area contributed by atoms with Gasteiger partial charge in [0.15, 0.2) is 5.79 Å². The molecule has 0 saturated heterocycles. The van der Waals surface area contributed by atoms with Crippen LogP contribution in [-0.4, -0.2) is 20.0 Å². The van der Waals surface area contributed by atoms with E-state index in [1.54, 1.807) is 14.2 Å². The normalized spacial score (nSPS) is 12.4. The number of rotatable bonds is 13. The largest absolute Gasteiger partial charge is 0.352 e. The molecule has 0 spiro atoms. The number of ether oxygens (including phenoxy) is 2. The lowest BCUT2D eigenvalue weighted by Crippen LogP contribution is -2.48. The zero-order chi connectivity index (χ0) is 15.5. The summed E-state index contributed by atoms with van der Waals surface area (Å²) in [7, 11) is 3.41. The molecule has 0 saturated carbocycles. The van der Waals surface area contributed by atoms with Crippen molar-refractivity contribution in [3.63, 3.8) is 0 Å². The van der Waals surface area contributed by atoms with Gasteiger partial charge in [0.1, 0.15) is 0 Å². The summed E-state index contributed by atoms with van der Waals surface area (Å²) in [5.41, 5.74) is -0.323. The van der Waals surface area contributed by atoms with Crippen molar-refractivity contribution in [2.75, 3.05) is 14.2 Å². The molecule has 0 radical (unpaired) electrons. The number of hydrogen-bond donors (Lipinski definition) is 0. The quantitative estimate of drug-likeness (QED) is 0.252. The maximum atomic E-state index is 5.71. The molecule has 0 N–H and O–H groups in total. The molecule has 20 heavy (non-hydrogen) atoms. The van der Waals surface area contributed by atoms with E-state index in [4.69, 9.17) is 9.47 Å². The first-order valence-corrected chi connectivity index (χ1v) is 7.99. The van der Waals surface area contributed by atoms with E-state index in [1.165, 1.54) is 32.1 Å². The van der Waals surface area contributed by atoms with Gasteiger partial charge >= 0.3 is 0 Å². The zero-order valence-electron chi connectivity index (χ0n) is 14.0. The van der Waals surface area contributed by atoms with E-state index in [-0.39, 0.29) is 5.41 Å². The summed E-state index contributed by atoms with van der Waals surface area (Å²) >= 11 is 0. The molecule has 0 aromatic heterocycles. The summed E-state index contributed by atoms with van der Waals surface area (Å²) in [6.07, 6.45) is 13.3. The average Bonchev–Trinajstić information content (AvgIpc) is 2.50. The molecule has 0 bridgehead atoms. The molecule has 0 unspecified atom stereocenters. The van der Waals surface area contributed by atoms with Crippen molar-refractivity contribution in [3.8, 4) is 0 Å². The van der Waals surface area contributed by atoms with Gasteiger partial charge in [-0.05, 0) is 12.8 Å². The molecule has 0 aromatic rings. The molecule has 118 valence electrons. The second-order valence-electron chi connectivity index (χ2n) is 5.48. The lowest BCUT2D eigenvalue weighted by Gasteiger charge is -2.45. The molecule has 0 atom stereocenters. The highest BCUT2D eigenvalue weighted by atomic mass is 16.7. The smallest absolute Gasteiger partial charge is 0.179 e. The summed E-state index contributed by atoms with van der Waals surface area (Å²) in [6, 6.07) is 0. The summed E-state index contributed by atoms with van der Waals surface area (Å²) in [6.45, 7) is 12.3. The van der Waals surface area contributed by atoms with Crippen LogP contribution in [0, 0.1) is 5.41 Å². The minimum Gasteiger partial charge on any atom is -0.352 e. The standard InChI is InChI=1S/C18H34O2/c1-7-11-12-13-14-15-16-17(8-2,9-3)18(10-4,19-5)20-6/h8-9H,2-3,7,10-16H2,1,4-6H3. The van der Waals surface area contributed by atoms with Crippen molar-refractivity contribution in [2.24, 2.45) is 5.41 Å². The van der Waals surface area contributed by atoms with Crippen molar-refractivity contribution < 1.29 is 9.47 Å². The maximum Gasteiger partial charge on any atom is 0.179 e. The third kappa shape index (κ3) is 4.46. The Morgan fingerprint density at radius 1 is 0.850 bits per heavy atom. The van der Waals surface area contributed by atoms with Crippen LogP contribution in [0.2, 0.25) is 0 Å². The van der Waals surface area contributed by atoms with E-state index in [0.29, 0.717) is 0 Å². The molecule has 0 rings (SSSR count). The number of hydrogen-bond acceptors (Lipinski definition) is 2. The van der Waals surface area contributed by atoms with Crippen molar-refractivity contribution in [2.45, 2.75) is 71.0 Å². The van der Waals surface area contributed by atoms with Gasteiger partial charge in [0.25, 0.3) is 0 Å². The van der Waals surface area contributed by atoms with Crippen LogP contribution in [0.5, 0.6) is 0 Å². The second-order valence-corrected chi connectivity index (χ2v) is 5.48. The molecule has 0 heterocycles. The van der Waals surface area contributed by atoms with Gasteiger partial charge in [-0.2, -0.15) is 0 Å². The van der Waals surface area contributed by atoms with Gasteiger partial charge in [-0.3, -0.25) is 0 Å². The van der Waals surface area contributed by atoms with Crippen molar-refractivity contribution in [1.82, 2.24) is 0 Å². The molecule has 0 aliphatic rings. The topological polar surface area (TPSA) is 18.5 Å². The Morgan fingerprint density at radius 3 is 1.75 bits per heavy atom. The molecule has 2 heteroatoms. The molecule has 0 amide bonds. The van der Waals surface area contributed by atoms with Gasteiger partial charge in [-0.15, -0.1) is 13.2 Å². The Morgan fingerprint density at radius 2 is 1.35 bits per heavy atom. The fraction of sp³-hybridized carbons (Fsp3) is 0.778. The summed E-state index contributed by atoms with van der Waals surface area (Å²) in [5.74, 6) is -0.653. The SMILES string of the molecule is C=CC(C=C)(CCCCCCCC)C(CC)(OC)OC. The Bertz CT molecular complexity index is 250. The fourth-order valence-corrected chi connectivity index (χ4v) is 3.07. The second kappa shape index (κ2) is 10.2. The van der Waals surface area contributed by atoms with Crippen LogP contribution in [0.3, 0.4) is 0 Å². The highest BCUT2D eigenvalue weighted by Gasteiger charge is 2.47. The Labute approximate surface area is 126 Å². The lowest BCUT2D eigenvalue weighted by molar-refractivity contribution is -0.254. The minimum absolute atomic E-state index is 0.323. The van der Waals surface area contributed by atoms with Gasteiger partial charge in [0, 0.05) is 14.2 Å². The van der Waals surface area contributed by atoms with Crippen LogP contribution in [0.1, 0.15) is 65.2 Å². The molecule has 2 nitrogen and oxygen atoms in total. The average molecular weight is 282 g/mol. The Hall–Kier alpha value is -0.600. The number of unbranched alkanes of at least 4 members (excludes halogenated alkanes) is 5. The molecule has 0 aliphatic heterocycles. The first kappa shape index (κ1) is 19.4. The van der Waals surface area contributed by atoms with Crippen LogP contribution in [0.4, 0.5) is 0 Å². The van der Waals surface area contributed by atoms with Gasteiger partial charge in [0.05, 0.1) is 5.41 Å². The highest BCUT2D eigenvalue weighted by Crippen LogP contribution is 2.44. The van der Waals surface area contributed by atoms with Crippen LogP contribution < -0.4 is 0 Å². The van der Waals surface area contributed by atoms with Crippen molar-refractivity contribution in [3.05, 3.63) is 25.3 Å². The Balaban J connectivity index is 4.67. The van der Waals surface area contributed by atoms with Gasteiger partial charge < -0.3 is 9.47 Å². The lowest BCUT2D eigenvalue weighted by atomic mass is 9.73. The molecular formula is C18H34O2. The predicted molar refractivity (Wildman–Crippen MR) is 87.9 cm³/mol. The van der Waals surface area contributed by atoms with Crippen molar-refractivity contribution in [1.29, 1.82) is 0 Å². The molecular weight excluding hydrogens is 248 g/mol. The predicted octanol–water partition coefficient (Wildman–Crippen LogP) is 5.49. The summed E-state index contributed by atoms with van der Waals surface area (Å²) < 4.78 is 11.4. The van der Waals surface area contributed by atoms with Crippen LogP contribution in [0.15, 0.2) is 25.3 Å². The van der Waals surface area contributed by atoms with Gasteiger partial charge in [-0.25, -0.2) is 0 Å². The van der Waals surface area contributed by atoms with E-state index in [2.05, 4.69) is 27.0 Å². The molecule has 0 aromatic carbocycles. The van der Waals surface area contributed by atoms with Crippen LogP contribution in [0.25, 0.3) is 0 Å². The Kier molecular flexibility index (Phi) is 9.87. The van der Waals surface area contributed by atoms with Crippen LogP contribution >= 0.6 is 0 Å². The third-order valence-electron chi connectivity index (χ3n) is 4.51.